The van der Waals surface area contributed by atoms with Gasteiger partial charge in [-0.1, -0.05) is 0 Å². The summed E-state index contributed by atoms with van der Waals surface area (Å²) in [5.74, 6) is 1.44. The molecule has 2 fully saturated rings. The van der Waals surface area contributed by atoms with Crippen LogP contribution in [0, 0.1) is 0 Å². The van der Waals surface area contributed by atoms with Crippen LogP contribution in [0.25, 0.3) is 0 Å². The molecule has 0 spiro atoms. The molecule has 0 amide bonds. The Balaban J connectivity index is 1.87. The number of hydrogen-bond acceptors (Lipinski definition) is 6. The van der Waals surface area contributed by atoms with Crippen molar-refractivity contribution in [1.29, 1.82) is 0 Å². The lowest BCUT2D eigenvalue weighted by Gasteiger charge is -2.42. The van der Waals surface area contributed by atoms with E-state index >= 15 is 0 Å². The second kappa shape index (κ2) is 5.03. The Labute approximate surface area is 105 Å². The van der Waals surface area contributed by atoms with Gasteiger partial charge in [-0.2, -0.15) is 11.8 Å². The maximum absolute atomic E-state index is 9.94. The van der Waals surface area contributed by atoms with Crippen molar-refractivity contribution in [2.24, 2.45) is 0 Å². The molecule has 2 rings (SSSR count). The lowest BCUT2D eigenvalue weighted by atomic mass is 9.90. The van der Waals surface area contributed by atoms with Crippen LogP contribution in [0.1, 0.15) is 19.8 Å². The third kappa shape index (κ3) is 2.77. The van der Waals surface area contributed by atoms with E-state index in [2.05, 4.69) is 0 Å². The summed E-state index contributed by atoms with van der Waals surface area (Å²) in [5.41, 5.74) is -0.641. The van der Waals surface area contributed by atoms with Crippen LogP contribution in [0.2, 0.25) is 0 Å². The molecule has 5 atom stereocenters. The van der Waals surface area contributed by atoms with Gasteiger partial charge < -0.3 is 25.2 Å². The zero-order chi connectivity index (χ0) is 12.6. The fraction of sp³-hybridized carbons (Fsp3) is 1.00. The molecule has 2 aliphatic heterocycles. The van der Waals surface area contributed by atoms with Gasteiger partial charge in [-0.15, -0.1) is 0 Å². The van der Waals surface area contributed by atoms with Crippen molar-refractivity contribution >= 4 is 11.8 Å². The van der Waals surface area contributed by atoms with E-state index in [1.165, 1.54) is 0 Å². The van der Waals surface area contributed by atoms with Crippen molar-refractivity contribution in [3.05, 3.63) is 0 Å². The van der Waals surface area contributed by atoms with E-state index < -0.39 is 36.1 Å². The Bertz CT molecular complexity index is 271. The smallest absolute Gasteiger partial charge is 0.111 e. The van der Waals surface area contributed by atoms with Crippen molar-refractivity contribution < 1.29 is 25.2 Å². The van der Waals surface area contributed by atoms with Crippen LogP contribution in [-0.4, -0.2) is 68.1 Å². The number of hydrogen-bond donors (Lipinski definition) is 4. The van der Waals surface area contributed by atoms with Gasteiger partial charge in [0, 0.05) is 11.5 Å². The normalized spacial score (nSPS) is 45.4. The Morgan fingerprint density at radius 2 is 1.82 bits per heavy atom. The molecule has 100 valence electrons. The maximum atomic E-state index is 9.94. The molecular weight excluding hydrogens is 244 g/mol. The van der Waals surface area contributed by atoms with Crippen LogP contribution < -0.4 is 0 Å². The summed E-state index contributed by atoms with van der Waals surface area (Å²) in [5, 5.41) is 38.9. The average molecular weight is 264 g/mol. The van der Waals surface area contributed by atoms with Gasteiger partial charge in [0.1, 0.15) is 18.3 Å². The summed E-state index contributed by atoms with van der Waals surface area (Å²) in [4.78, 5) is 0. The van der Waals surface area contributed by atoms with Crippen LogP contribution in [0.15, 0.2) is 0 Å². The molecule has 0 saturated carbocycles. The SMILES string of the molecule is CC1O[C@H](CCC2(O)CSC2)[C@@H](O)[C@H](O)[C@@H]1O. The minimum absolute atomic E-state index is 0.492. The highest BCUT2D eigenvalue weighted by atomic mass is 32.2. The second-order valence-electron chi connectivity index (χ2n) is 5.11. The molecule has 0 aromatic rings. The summed E-state index contributed by atoms with van der Waals surface area (Å²) >= 11 is 1.69. The summed E-state index contributed by atoms with van der Waals surface area (Å²) in [6.45, 7) is 1.67. The quantitative estimate of drug-likeness (QED) is 0.529. The summed E-state index contributed by atoms with van der Waals surface area (Å²) in [6.07, 6.45) is -3.28. The molecule has 6 heteroatoms. The summed E-state index contributed by atoms with van der Waals surface area (Å²) in [7, 11) is 0. The van der Waals surface area contributed by atoms with Crippen molar-refractivity contribution in [2.75, 3.05) is 11.5 Å². The van der Waals surface area contributed by atoms with Crippen LogP contribution in [0.5, 0.6) is 0 Å². The van der Waals surface area contributed by atoms with E-state index in [1.54, 1.807) is 18.7 Å². The van der Waals surface area contributed by atoms with Gasteiger partial charge >= 0.3 is 0 Å². The fourth-order valence-electron chi connectivity index (χ4n) is 2.27. The highest BCUT2D eigenvalue weighted by Crippen LogP contribution is 2.35. The Hall–Kier alpha value is 0.150. The minimum Gasteiger partial charge on any atom is -0.388 e. The third-order valence-corrected chi connectivity index (χ3v) is 5.07. The van der Waals surface area contributed by atoms with Crippen molar-refractivity contribution in [2.45, 2.75) is 55.9 Å². The molecule has 17 heavy (non-hydrogen) atoms. The number of aliphatic hydroxyl groups is 4. The molecule has 4 N–H and O–H groups in total. The summed E-state index contributed by atoms with van der Waals surface area (Å²) < 4.78 is 5.47. The first-order valence-electron chi connectivity index (χ1n) is 5.93. The second-order valence-corrected chi connectivity index (χ2v) is 6.09. The first-order chi connectivity index (χ1) is 7.93. The Morgan fingerprint density at radius 3 is 2.35 bits per heavy atom. The molecule has 0 bridgehead atoms. The molecule has 2 heterocycles. The van der Waals surface area contributed by atoms with E-state index in [0.29, 0.717) is 12.8 Å². The standard InChI is InChI=1S/C11H20O5S/c1-6-8(12)10(14)9(13)7(16-6)2-3-11(15)4-17-5-11/h6-10,12-15H,2-5H2,1H3/t6?,7-,8-,9-,10-/m1/s1. The first kappa shape index (κ1) is 13.6. The highest BCUT2D eigenvalue weighted by molar-refractivity contribution is 8.00. The minimum atomic E-state index is -1.17. The van der Waals surface area contributed by atoms with Crippen molar-refractivity contribution in [1.82, 2.24) is 0 Å². The lowest BCUT2D eigenvalue weighted by molar-refractivity contribution is -0.220. The van der Waals surface area contributed by atoms with Gasteiger partial charge in [0.25, 0.3) is 0 Å². The fourth-order valence-corrected chi connectivity index (χ4v) is 3.23. The third-order valence-electron chi connectivity index (χ3n) is 3.59. The molecule has 0 aromatic carbocycles. The van der Waals surface area contributed by atoms with Gasteiger partial charge in [0.15, 0.2) is 0 Å². The zero-order valence-corrected chi connectivity index (χ0v) is 10.6. The van der Waals surface area contributed by atoms with Gasteiger partial charge in [-0.3, -0.25) is 0 Å². The molecule has 0 radical (unpaired) electrons. The van der Waals surface area contributed by atoms with Gasteiger partial charge in [0.2, 0.25) is 0 Å². The lowest BCUT2D eigenvalue weighted by Crippen LogP contribution is -2.57. The van der Waals surface area contributed by atoms with Gasteiger partial charge in [-0.05, 0) is 19.8 Å². The Morgan fingerprint density at radius 1 is 1.18 bits per heavy atom. The van der Waals surface area contributed by atoms with Crippen LogP contribution in [-0.2, 0) is 4.74 Å². The number of ether oxygens (including phenoxy) is 1. The predicted molar refractivity (Wildman–Crippen MR) is 63.9 cm³/mol. The molecular formula is C11H20O5S. The zero-order valence-electron chi connectivity index (χ0n) is 9.82. The van der Waals surface area contributed by atoms with E-state index in [9.17, 15) is 20.4 Å². The summed E-state index contributed by atoms with van der Waals surface area (Å²) in [6, 6.07) is 0. The predicted octanol–water partition coefficient (Wildman–Crippen LogP) is -0.886. The number of thioether (sulfide) groups is 1. The average Bonchev–Trinajstić information content (AvgIpc) is 2.27. The number of rotatable bonds is 3. The molecule has 2 aliphatic rings. The monoisotopic (exact) mass is 264 g/mol. The molecule has 1 unspecified atom stereocenters. The van der Waals surface area contributed by atoms with Gasteiger partial charge in [-0.25, -0.2) is 0 Å². The van der Waals surface area contributed by atoms with E-state index in [4.69, 9.17) is 4.74 Å². The van der Waals surface area contributed by atoms with Crippen LogP contribution in [0.3, 0.4) is 0 Å². The maximum Gasteiger partial charge on any atom is 0.111 e. The van der Waals surface area contributed by atoms with Crippen LogP contribution >= 0.6 is 11.8 Å². The van der Waals surface area contributed by atoms with Crippen LogP contribution in [0.4, 0.5) is 0 Å². The first-order valence-corrected chi connectivity index (χ1v) is 7.08. The topological polar surface area (TPSA) is 90.2 Å². The van der Waals surface area contributed by atoms with E-state index in [-0.39, 0.29) is 0 Å². The molecule has 0 aliphatic carbocycles. The highest BCUT2D eigenvalue weighted by Gasteiger charge is 2.43. The Kier molecular flexibility index (Phi) is 4.02. The van der Waals surface area contributed by atoms with E-state index in [0.717, 1.165) is 11.5 Å². The van der Waals surface area contributed by atoms with Crippen molar-refractivity contribution in [3.8, 4) is 0 Å². The largest absolute Gasteiger partial charge is 0.388 e. The van der Waals surface area contributed by atoms with Crippen molar-refractivity contribution in [3.63, 3.8) is 0 Å². The molecule has 5 nitrogen and oxygen atoms in total. The van der Waals surface area contributed by atoms with Gasteiger partial charge in [0.05, 0.1) is 17.8 Å². The molecule has 2 saturated heterocycles. The van der Waals surface area contributed by atoms with E-state index in [1.807, 2.05) is 0 Å². The number of aliphatic hydroxyl groups excluding tert-OH is 3. The molecule has 0 aromatic heterocycles.